The number of ether oxygens (including phenoxy) is 1. The Morgan fingerprint density at radius 1 is 0.775 bits per heavy atom. The summed E-state index contributed by atoms with van der Waals surface area (Å²) in [6.07, 6.45) is 7.02. The van der Waals surface area contributed by atoms with Crippen LogP contribution in [0.25, 0.3) is 11.2 Å². The number of Topliss-reactive ketones (excluding diaryl/α,β-unsaturated/α-hetero) is 1. The zero-order chi connectivity index (χ0) is 51.8. The van der Waals surface area contributed by atoms with Crippen LogP contribution in [0, 0.1) is 62.7 Å². The van der Waals surface area contributed by atoms with Gasteiger partial charge in [-0.1, -0.05) is 52.7 Å². The van der Waals surface area contributed by atoms with E-state index in [1.54, 1.807) is 19.1 Å². The van der Waals surface area contributed by atoms with Gasteiger partial charge >= 0.3 is 6.08 Å². The maximum atomic E-state index is 16.9. The Bertz CT molecular complexity index is 2560. The summed E-state index contributed by atoms with van der Waals surface area (Å²) in [5.74, 6) is -0.896. The van der Waals surface area contributed by atoms with Crippen molar-refractivity contribution < 1.29 is 62.9 Å². The van der Waals surface area contributed by atoms with Crippen molar-refractivity contribution in [3.63, 3.8) is 0 Å². The number of halogens is 3. The summed E-state index contributed by atoms with van der Waals surface area (Å²) in [6, 6.07) is 0. The van der Waals surface area contributed by atoms with Gasteiger partial charge in [0.15, 0.2) is 34.3 Å². The number of hydrogen-bond donors (Lipinski definition) is 7. The van der Waals surface area contributed by atoms with Crippen molar-refractivity contribution in [2.45, 2.75) is 186 Å². The van der Waals surface area contributed by atoms with Crippen molar-refractivity contribution >= 4 is 34.3 Å². The van der Waals surface area contributed by atoms with E-state index in [0.29, 0.717) is 64.2 Å². The van der Waals surface area contributed by atoms with Crippen LogP contribution in [0.3, 0.4) is 0 Å². The second-order valence-corrected chi connectivity index (χ2v) is 24.3. The lowest BCUT2D eigenvalue weighted by Gasteiger charge is -2.63. The molecule has 18 atom stereocenters. The minimum absolute atomic E-state index is 0.00223. The number of alkyl halides is 2. The number of nitrogens with zero attached hydrogens (tertiary/aromatic N) is 4. The first-order chi connectivity index (χ1) is 33.1. The molecular formula is C53H74F3N5O10. The quantitative estimate of drug-likeness (QED) is 0.176. The van der Waals surface area contributed by atoms with E-state index in [4.69, 9.17) is 15.6 Å². The van der Waals surface area contributed by atoms with Gasteiger partial charge in [-0.2, -0.15) is 14.4 Å². The van der Waals surface area contributed by atoms with Gasteiger partial charge in [0, 0.05) is 52.3 Å². The van der Waals surface area contributed by atoms with E-state index >= 15 is 8.78 Å². The van der Waals surface area contributed by atoms with Gasteiger partial charge in [-0.25, -0.2) is 13.8 Å². The SMILES string of the molecule is C[C@H]1[C@H](O)[C@@H](CO)O[C@H]1n1cnc2c(N)nc(F)nc21.C[C@]1(O)CC[C@H]2[C@@H]3CCC4=CC(=O)CC[C@]4(C)[C@@]3(F)[C@@H](O)C[C@@]21C.C[C@]12CCC(=O)C=C1CC[C@H]1[C@@H]3CC[C@](C)(C(=O)CO)[C@@]3(C)C[C@H](O)[C@@]12F. The average Bonchev–Trinajstić information content (AvgIpc) is 4.01. The minimum Gasteiger partial charge on any atom is -0.394 e. The molecule has 0 aromatic carbocycles. The summed E-state index contributed by atoms with van der Waals surface area (Å²) in [5.41, 5.74) is 0.238. The Morgan fingerprint density at radius 3 is 1.82 bits per heavy atom. The van der Waals surface area contributed by atoms with Crippen LogP contribution in [0.15, 0.2) is 29.6 Å². The fourth-order valence-corrected chi connectivity index (χ4v) is 16.7. The molecule has 0 radical (unpaired) electrons. The topological polar surface area (TPSA) is 251 Å². The number of allylic oxidation sites excluding steroid dienone is 2. The summed E-state index contributed by atoms with van der Waals surface area (Å²) < 4.78 is 53.8. The zero-order valence-corrected chi connectivity index (χ0v) is 42.1. The number of aromatic nitrogens is 4. The maximum absolute atomic E-state index is 16.9. The summed E-state index contributed by atoms with van der Waals surface area (Å²) in [5, 5.41) is 61.7. The van der Waals surface area contributed by atoms with Crippen molar-refractivity contribution in [2.24, 2.45) is 56.7 Å². The highest BCUT2D eigenvalue weighted by Crippen LogP contribution is 2.73. The highest BCUT2D eigenvalue weighted by atomic mass is 19.1. The van der Waals surface area contributed by atoms with Crippen molar-refractivity contribution in [3.05, 3.63) is 35.7 Å². The van der Waals surface area contributed by atoms with E-state index in [0.717, 1.165) is 30.4 Å². The van der Waals surface area contributed by atoms with Crippen LogP contribution < -0.4 is 5.73 Å². The number of ketones is 3. The van der Waals surface area contributed by atoms with E-state index in [2.05, 4.69) is 15.0 Å². The molecule has 6 saturated carbocycles. The highest BCUT2D eigenvalue weighted by Gasteiger charge is 2.74. The third-order valence-electron chi connectivity index (χ3n) is 21.6. The fraction of sp³-hybridized carbons (Fsp3) is 0.774. The number of carbonyl (C=O) groups is 3. The predicted octanol–water partition coefficient (Wildman–Crippen LogP) is 5.92. The molecule has 7 fully saturated rings. The number of nitrogen functional groups attached to an aromatic ring is 1. The number of anilines is 1. The van der Waals surface area contributed by atoms with E-state index in [9.17, 15) is 44.3 Å². The monoisotopic (exact) mass is 998 g/mol. The van der Waals surface area contributed by atoms with E-state index in [1.165, 1.54) is 10.9 Å². The number of rotatable bonds is 4. The largest absolute Gasteiger partial charge is 0.394 e. The lowest BCUT2D eigenvalue weighted by Crippen LogP contribution is -2.68. The van der Waals surface area contributed by atoms with E-state index in [1.807, 2.05) is 41.5 Å². The third kappa shape index (κ3) is 7.20. The molecule has 2 aromatic heterocycles. The number of nitrogens with two attached hydrogens (primary N) is 1. The van der Waals surface area contributed by atoms with Crippen LogP contribution in [0.5, 0.6) is 0 Å². The average molecular weight is 998 g/mol. The first-order valence-corrected chi connectivity index (χ1v) is 25.8. The molecule has 0 bridgehead atoms. The van der Waals surface area contributed by atoms with Crippen LogP contribution >= 0.6 is 0 Å². The van der Waals surface area contributed by atoms with Crippen LogP contribution in [0.4, 0.5) is 19.0 Å². The molecule has 71 heavy (non-hydrogen) atoms. The lowest BCUT2D eigenvalue weighted by molar-refractivity contribution is -0.225. The number of hydrogen-bond acceptors (Lipinski definition) is 14. The summed E-state index contributed by atoms with van der Waals surface area (Å²) in [4.78, 5) is 47.4. The predicted molar refractivity (Wildman–Crippen MR) is 254 cm³/mol. The Kier molecular flexibility index (Phi) is 12.9. The Hall–Kier alpha value is -3.65. The number of imidazole rings is 1. The normalized spacial score (nSPS) is 47.5. The second-order valence-electron chi connectivity index (χ2n) is 24.3. The number of carbonyl (C=O) groups excluding carboxylic acids is 3. The van der Waals surface area contributed by atoms with Gasteiger partial charge in [0.2, 0.25) is 0 Å². The van der Waals surface area contributed by atoms with Crippen LogP contribution in [0.1, 0.15) is 145 Å². The molecule has 9 aliphatic rings. The van der Waals surface area contributed by atoms with Crippen LogP contribution in [-0.4, -0.2) is 122 Å². The van der Waals surface area contributed by atoms with Gasteiger partial charge in [0.25, 0.3) is 0 Å². The van der Waals surface area contributed by atoms with Gasteiger partial charge in [-0.05, 0) is 113 Å². The van der Waals surface area contributed by atoms with Crippen molar-refractivity contribution in [1.82, 2.24) is 19.5 Å². The molecule has 11 rings (SSSR count). The smallest absolute Gasteiger partial charge is 0.312 e. The van der Waals surface area contributed by atoms with Gasteiger partial charge < -0.3 is 41.1 Å². The van der Waals surface area contributed by atoms with Gasteiger partial charge in [0.05, 0.1) is 36.8 Å². The lowest BCUT2D eigenvalue weighted by atomic mass is 9.43. The first kappa shape index (κ1) is 52.2. The molecule has 3 heterocycles. The van der Waals surface area contributed by atoms with E-state index in [-0.39, 0.29) is 76.9 Å². The number of aliphatic hydroxyl groups excluding tert-OH is 5. The first-order valence-electron chi connectivity index (χ1n) is 25.8. The Morgan fingerprint density at radius 2 is 1.30 bits per heavy atom. The van der Waals surface area contributed by atoms with Crippen LogP contribution in [0.2, 0.25) is 0 Å². The molecule has 0 amide bonds. The summed E-state index contributed by atoms with van der Waals surface area (Å²) in [6.45, 7) is 12.5. The molecule has 18 heteroatoms. The van der Waals surface area contributed by atoms with E-state index < -0.39 is 87.3 Å². The van der Waals surface area contributed by atoms with Crippen LogP contribution in [-0.2, 0) is 19.1 Å². The molecule has 392 valence electrons. The van der Waals surface area contributed by atoms with Gasteiger partial charge in [0.1, 0.15) is 30.3 Å². The highest BCUT2D eigenvalue weighted by molar-refractivity contribution is 5.92. The second kappa shape index (κ2) is 17.5. The maximum Gasteiger partial charge on any atom is 0.312 e. The molecule has 1 aliphatic heterocycles. The fourth-order valence-electron chi connectivity index (χ4n) is 16.7. The standard InChI is InChI=1S/C22H31FO4.C20H29FO3.C11H14FN5O3/c1-19-8-6-14(25)10-13(19)4-5-16-15-7-9-20(2,18(27)12-24)21(15,3)11-17(26)22(16,19)23;1-17-8-6-13(22)10-12(17)4-5-15-14-7-9-19(3,24)18(14,2)11-16(23)20(15,17)21;1-4-7(19)5(2-18)20-10(4)17-3-14-6-8(13)15-11(12)16-9(6)17/h10,15-17,24,26H,4-9,11-12H2,1-3H3;10,14-16,23-24H,4-9,11H2,1-3H3;3-5,7,10,18-19H,2H2,1H3,(H2,13,15,16)/t15-,16-,17-,19-,20+,21-,22-;14-,15-,16-,17-,18-,19-,20-;4-,5+,7-,10+/m000/s1. The molecular weight excluding hydrogens is 924 g/mol. The van der Waals surface area contributed by atoms with Crippen molar-refractivity contribution in [3.8, 4) is 0 Å². The van der Waals surface area contributed by atoms with Gasteiger partial charge in [-0.15, -0.1) is 0 Å². The molecule has 8 aliphatic carbocycles. The number of fused-ring (bicyclic) bond motifs is 11. The van der Waals surface area contributed by atoms with Crippen molar-refractivity contribution in [1.29, 1.82) is 0 Å². The molecule has 15 nitrogen and oxygen atoms in total. The molecule has 8 N–H and O–H groups in total. The minimum atomic E-state index is -1.77. The third-order valence-corrected chi connectivity index (χ3v) is 21.6. The molecule has 0 spiro atoms. The van der Waals surface area contributed by atoms with Crippen molar-refractivity contribution in [2.75, 3.05) is 18.9 Å². The molecule has 0 unspecified atom stereocenters. The number of aliphatic hydroxyl groups is 6. The summed E-state index contributed by atoms with van der Waals surface area (Å²) >= 11 is 0. The zero-order valence-electron chi connectivity index (χ0n) is 42.1. The Labute approximate surface area is 412 Å². The molecule has 1 saturated heterocycles. The summed E-state index contributed by atoms with van der Waals surface area (Å²) in [7, 11) is 0. The van der Waals surface area contributed by atoms with Gasteiger partial charge in [-0.3, -0.25) is 19.0 Å². The molecule has 2 aromatic rings. The Balaban J connectivity index is 0.000000133.